The molecule has 1 aliphatic rings. The zero-order valence-corrected chi connectivity index (χ0v) is 9.48. The van der Waals surface area contributed by atoms with Crippen molar-refractivity contribution >= 4 is 11.8 Å². The number of anilines is 2. The average molecular weight is 222 g/mol. The Kier molecular flexibility index (Phi) is 3.53. The van der Waals surface area contributed by atoms with Gasteiger partial charge in [0.25, 0.3) is 0 Å². The van der Waals surface area contributed by atoms with Crippen LogP contribution in [0.5, 0.6) is 0 Å². The van der Waals surface area contributed by atoms with Gasteiger partial charge in [0, 0.05) is 25.3 Å². The maximum absolute atomic E-state index is 5.23. The zero-order valence-electron chi connectivity index (χ0n) is 9.48. The Morgan fingerprint density at radius 1 is 1.56 bits per heavy atom. The molecule has 1 fully saturated rings. The van der Waals surface area contributed by atoms with E-state index >= 15 is 0 Å². The number of hydrogen-bond acceptors (Lipinski definition) is 6. The molecular weight excluding hydrogens is 204 g/mol. The number of likely N-dealkylation sites (N-methyl/N-ethyl adjacent to an activating group) is 1. The Morgan fingerprint density at radius 3 is 3.06 bits per heavy atom. The van der Waals surface area contributed by atoms with E-state index in [0.29, 0.717) is 5.95 Å². The lowest BCUT2D eigenvalue weighted by molar-refractivity contribution is 0.337. The van der Waals surface area contributed by atoms with E-state index in [0.717, 1.165) is 24.9 Å². The predicted octanol–water partition coefficient (Wildman–Crippen LogP) is 0.268. The van der Waals surface area contributed by atoms with Crippen molar-refractivity contribution in [3.8, 4) is 0 Å². The average Bonchev–Trinajstić information content (AvgIpc) is 3.13. The van der Waals surface area contributed by atoms with Crippen LogP contribution in [0.3, 0.4) is 0 Å². The standard InChI is InChI=1S/C10H18N6/c1-16(8-2-3-8)7-6-12-9-4-5-13-10(14-9)15-11/h4-5,8H,2-3,6-7,11H2,1H3,(H2,12,13,14,15). The van der Waals surface area contributed by atoms with Crippen molar-refractivity contribution in [1.29, 1.82) is 0 Å². The summed E-state index contributed by atoms with van der Waals surface area (Å²) >= 11 is 0. The highest BCUT2D eigenvalue weighted by atomic mass is 15.3. The van der Waals surface area contributed by atoms with Gasteiger partial charge in [0.2, 0.25) is 5.95 Å². The fraction of sp³-hybridized carbons (Fsp3) is 0.600. The summed E-state index contributed by atoms with van der Waals surface area (Å²) in [5, 5.41) is 3.24. The molecule has 1 heterocycles. The van der Waals surface area contributed by atoms with Gasteiger partial charge in [-0.2, -0.15) is 4.98 Å². The lowest BCUT2D eigenvalue weighted by Gasteiger charge is -2.15. The molecule has 1 saturated carbocycles. The van der Waals surface area contributed by atoms with Crippen LogP contribution in [0.2, 0.25) is 0 Å². The van der Waals surface area contributed by atoms with E-state index < -0.39 is 0 Å². The van der Waals surface area contributed by atoms with Crippen molar-refractivity contribution in [3.05, 3.63) is 12.3 Å². The van der Waals surface area contributed by atoms with Crippen LogP contribution in [0.4, 0.5) is 11.8 Å². The van der Waals surface area contributed by atoms with E-state index in [-0.39, 0.29) is 0 Å². The fourth-order valence-corrected chi connectivity index (χ4v) is 1.58. The summed E-state index contributed by atoms with van der Waals surface area (Å²) in [7, 11) is 2.16. The van der Waals surface area contributed by atoms with Gasteiger partial charge in [0.1, 0.15) is 5.82 Å². The third-order valence-electron chi connectivity index (χ3n) is 2.73. The molecule has 1 aliphatic carbocycles. The molecule has 0 aliphatic heterocycles. The van der Waals surface area contributed by atoms with E-state index in [1.165, 1.54) is 12.8 Å². The fourth-order valence-electron chi connectivity index (χ4n) is 1.58. The van der Waals surface area contributed by atoms with E-state index in [1.807, 2.05) is 6.07 Å². The summed E-state index contributed by atoms with van der Waals surface area (Å²) in [5.41, 5.74) is 2.42. The maximum Gasteiger partial charge on any atom is 0.239 e. The van der Waals surface area contributed by atoms with Crippen LogP contribution in [-0.2, 0) is 0 Å². The molecule has 6 nitrogen and oxygen atoms in total. The van der Waals surface area contributed by atoms with Crippen LogP contribution in [0.25, 0.3) is 0 Å². The highest BCUT2D eigenvalue weighted by Gasteiger charge is 2.25. The minimum absolute atomic E-state index is 0.431. The minimum atomic E-state index is 0.431. The highest BCUT2D eigenvalue weighted by Crippen LogP contribution is 2.24. The topological polar surface area (TPSA) is 79.1 Å². The van der Waals surface area contributed by atoms with Crippen molar-refractivity contribution in [2.75, 3.05) is 30.9 Å². The number of nitrogens with two attached hydrogens (primary N) is 1. The van der Waals surface area contributed by atoms with Crippen LogP contribution >= 0.6 is 0 Å². The lowest BCUT2D eigenvalue weighted by atomic mass is 10.5. The zero-order chi connectivity index (χ0) is 11.4. The maximum atomic E-state index is 5.23. The van der Waals surface area contributed by atoms with Gasteiger partial charge in [-0.15, -0.1) is 0 Å². The third-order valence-corrected chi connectivity index (χ3v) is 2.73. The molecule has 2 rings (SSSR count). The number of nitrogen functional groups attached to an aromatic ring is 1. The molecule has 16 heavy (non-hydrogen) atoms. The van der Waals surface area contributed by atoms with Crippen LogP contribution < -0.4 is 16.6 Å². The van der Waals surface area contributed by atoms with E-state index in [1.54, 1.807) is 6.20 Å². The molecule has 0 aromatic carbocycles. The number of rotatable bonds is 6. The molecule has 1 aromatic heterocycles. The smallest absolute Gasteiger partial charge is 0.239 e. The Labute approximate surface area is 95.2 Å². The van der Waals surface area contributed by atoms with Crippen molar-refractivity contribution in [2.45, 2.75) is 18.9 Å². The molecule has 4 N–H and O–H groups in total. The first-order valence-electron chi connectivity index (χ1n) is 5.53. The Balaban J connectivity index is 1.75. The number of hydrazine groups is 1. The van der Waals surface area contributed by atoms with Gasteiger partial charge in [-0.05, 0) is 26.0 Å². The van der Waals surface area contributed by atoms with Crippen LogP contribution in [0.1, 0.15) is 12.8 Å². The van der Waals surface area contributed by atoms with Crippen molar-refractivity contribution < 1.29 is 0 Å². The molecule has 0 amide bonds. The van der Waals surface area contributed by atoms with Crippen LogP contribution in [0, 0.1) is 0 Å². The SMILES string of the molecule is CN(CCNc1ccnc(NN)n1)C1CC1. The Bertz CT molecular complexity index is 338. The Morgan fingerprint density at radius 2 is 2.38 bits per heavy atom. The first kappa shape index (κ1) is 11.1. The third kappa shape index (κ3) is 3.04. The molecule has 0 spiro atoms. The van der Waals surface area contributed by atoms with Gasteiger partial charge in [0.15, 0.2) is 0 Å². The first-order valence-corrected chi connectivity index (χ1v) is 5.53. The number of nitrogens with one attached hydrogen (secondary N) is 2. The summed E-state index contributed by atoms with van der Waals surface area (Å²) in [6, 6.07) is 2.63. The van der Waals surface area contributed by atoms with E-state index in [2.05, 4.69) is 32.7 Å². The molecular formula is C10H18N6. The predicted molar refractivity (Wildman–Crippen MR) is 64.0 cm³/mol. The van der Waals surface area contributed by atoms with Gasteiger partial charge in [-0.25, -0.2) is 10.8 Å². The molecule has 0 bridgehead atoms. The monoisotopic (exact) mass is 222 g/mol. The second-order valence-electron chi connectivity index (χ2n) is 4.05. The summed E-state index contributed by atoms with van der Waals surface area (Å²) in [5.74, 6) is 6.46. The molecule has 0 unspecified atom stereocenters. The van der Waals surface area contributed by atoms with E-state index in [9.17, 15) is 0 Å². The number of hydrogen-bond donors (Lipinski definition) is 3. The van der Waals surface area contributed by atoms with Gasteiger partial charge >= 0.3 is 0 Å². The first-order chi connectivity index (χ1) is 7.79. The number of aromatic nitrogens is 2. The van der Waals surface area contributed by atoms with Gasteiger partial charge < -0.3 is 10.2 Å². The van der Waals surface area contributed by atoms with Crippen molar-refractivity contribution in [3.63, 3.8) is 0 Å². The summed E-state index contributed by atoms with van der Waals surface area (Å²) in [6.45, 7) is 1.91. The van der Waals surface area contributed by atoms with Gasteiger partial charge in [0.05, 0.1) is 0 Å². The largest absolute Gasteiger partial charge is 0.369 e. The van der Waals surface area contributed by atoms with Gasteiger partial charge in [-0.3, -0.25) is 5.43 Å². The van der Waals surface area contributed by atoms with Crippen molar-refractivity contribution in [1.82, 2.24) is 14.9 Å². The van der Waals surface area contributed by atoms with Crippen LogP contribution in [0.15, 0.2) is 12.3 Å². The lowest BCUT2D eigenvalue weighted by Crippen LogP contribution is -2.27. The van der Waals surface area contributed by atoms with Crippen molar-refractivity contribution in [2.24, 2.45) is 5.84 Å². The number of nitrogens with zero attached hydrogens (tertiary/aromatic N) is 3. The molecule has 1 aromatic rings. The minimum Gasteiger partial charge on any atom is -0.369 e. The quantitative estimate of drug-likeness (QED) is 0.473. The molecule has 88 valence electrons. The normalized spacial score (nSPS) is 15.2. The summed E-state index contributed by atoms with van der Waals surface area (Å²) < 4.78 is 0. The summed E-state index contributed by atoms with van der Waals surface area (Å²) in [4.78, 5) is 10.5. The second-order valence-corrected chi connectivity index (χ2v) is 4.05. The van der Waals surface area contributed by atoms with Crippen LogP contribution in [-0.4, -0.2) is 41.0 Å². The van der Waals surface area contributed by atoms with E-state index in [4.69, 9.17) is 5.84 Å². The summed E-state index contributed by atoms with van der Waals surface area (Å²) in [6.07, 6.45) is 4.35. The highest BCUT2D eigenvalue weighted by molar-refractivity contribution is 5.38. The Hall–Kier alpha value is -1.40. The molecule has 0 saturated heterocycles. The molecule has 6 heteroatoms. The second kappa shape index (κ2) is 5.09. The van der Waals surface area contributed by atoms with Gasteiger partial charge in [-0.1, -0.05) is 0 Å². The molecule has 0 radical (unpaired) electrons. The molecule has 0 atom stereocenters.